The summed E-state index contributed by atoms with van der Waals surface area (Å²) >= 11 is 0. The van der Waals surface area contributed by atoms with Gasteiger partial charge in [0.1, 0.15) is 6.29 Å². The molecule has 0 aromatic heterocycles. The van der Waals surface area contributed by atoms with Gasteiger partial charge in [-0.15, -0.1) is 0 Å². The summed E-state index contributed by atoms with van der Waals surface area (Å²) < 4.78 is 0. The fourth-order valence-electron chi connectivity index (χ4n) is 0. The maximum absolute atomic E-state index is 9.05. The van der Waals surface area contributed by atoms with E-state index in [0.29, 0.717) is 6.29 Å². The van der Waals surface area contributed by atoms with Crippen LogP contribution in [0.5, 0.6) is 0 Å². The molecule has 0 fully saturated rings. The third-order valence-electron chi connectivity index (χ3n) is 0.0962. The molecule has 2 N–H and O–H groups in total. The van der Waals surface area contributed by atoms with Gasteiger partial charge in [-0.1, -0.05) is 0 Å². The van der Waals surface area contributed by atoms with Crippen LogP contribution in [0, 0.1) is 0 Å². The molecular formula is C2H5AlNO. The molecule has 0 bridgehead atoms. The molecule has 0 rings (SSSR count). The minimum atomic E-state index is 0. The second-order valence-electron chi connectivity index (χ2n) is 0.402. The molecule has 5 heavy (non-hydrogen) atoms. The Labute approximate surface area is 41.5 Å². The van der Waals surface area contributed by atoms with Crippen molar-refractivity contribution < 1.29 is 4.79 Å². The van der Waals surface area contributed by atoms with Crippen molar-refractivity contribution in [1.82, 2.24) is 0 Å². The largest absolute Gasteiger partial charge is 0.324 e. The van der Waals surface area contributed by atoms with Crippen LogP contribution >= 0.6 is 0 Å². The topological polar surface area (TPSA) is 43.1 Å². The van der Waals surface area contributed by atoms with Crippen LogP contribution in [0.4, 0.5) is 0 Å². The van der Waals surface area contributed by atoms with Crippen LogP contribution in [0.25, 0.3) is 0 Å². The van der Waals surface area contributed by atoms with Crippen molar-refractivity contribution in [2.45, 2.75) is 0 Å². The van der Waals surface area contributed by atoms with E-state index in [1.54, 1.807) is 0 Å². The quantitative estimate of drug-likeness (QED) is 0.320. The Morgan fingerprint density at radius 1 is 1.80 bits per heavy atom. The molecule has 0 aromatic rings. The summed E-state index contributed by atoms with van der Waals surface area (Å²) in [5, 5.41) is 0. The van der Waals surface area contributed by atoms with Crippen molar-refractivity contribution in [3.05, 3.63) is 0 Å². The summed E-state index contributed by atoms with van der Waals surface area (Å²) in [5.41, 5.74) is 4.66. The number of carbonyl (C=O) groups is 1. The van der Waals surface area contributed by atoms with E-state index in [0.717, 1.165) is 0 Å². The van der Waals surface area contributed by atoms with Crippen LogP contribution in [0.2, 0.25) is 0 Å². The maximum atomic E-state index is 9.05. The van der Waals surface area contributed by atoms with Crippen molar-refractivity contribution in [2.24, 2.45) is 5.73 Å². The fraction of sp³-hybridized carbons (Fsp3) is 0.500. The fourth-order valence-corrected chi connectivity index (χ4v) is 0. The van der Waals surface area contributed by atoms with Gasteiger partial charge in [0, 0.05) is 23.9 Å². The molecule has 0 spiro atoms. The van der Waals surface area contributed by atoms with Gasteiger partial charge in [-0.25, -0.2) is 0 Å². The molecule has 0 amide bonds. The van der Waals surface area contributed by atoms with Gasteiger partial charge in [-0.3, -0.25) is 0 Å². The number of carbonyl (C=O) groups excluding carboxylic acids is 1. The molecular weight excluding hydrogens is 81.0 g/mol. The average Bonchev–Trinajstić information content (AvgIpc) is 1.37. The van der Waals surface area contributed by atoms with E-state index >= 15 is 0 Å². The lowest BCUT2D eigenvalue weighted by atomic mass is 10.8. The third kappa shape index (κ3) is 14.4. The van der Waals surface area contributed by atoms with Crippen LogP contribution in [-0.4, -0.2) is 30.2 Å². The molecule has 0 aliphatic carbocycles. The Bertz CT molecular complexity index is 23.6. The van der Waals surface area contributed by atoms with Crippen LogP contribution in [0.15, 0.2) is 0 Å². The van der Waals surface area contributed by atoms with Crippen molar-refractivity contribution in [3.63, 3.8) is 0 Å². The number of rotatable bonds is 1. The number of hydrogen-bond acceptors (Lipinski definition) is 2. The number of hydrogen-bond donors (Lipinski definition) is 1. The van der Waals surface area contributed by atoms with Crippen LogP contribution < -0.4 is 5.73 Å². The first-order chi connectivity index (χ1) is 1.91. The first-order valence-corrected chi connectivity index (χ1v) is 1.05. The Balaban J connectivity index is 0. The molecule has 27 valence electrons. The molecule has 3 radical (unpaired) electrons. The number of nitrogens with two attached hydrogens (primary N) is 1. The Kier molecular flexibility index (Phi) is 15.9. The molecule has 0 aliphatic heterocycles. The molecule has 3 heteroatoms. The summed E-state index contributed by atoms with van der Waals surface area (Å²) in [7, 11) is 0. The molecule has 0 saturated heterocycles. The van der Waals surface area contributed by atoms with Gasteiger partial charge in [-0.05, 0) is 0 Å². The summed E-state index contributed by atoms with van der Waals surface area (Å²) in [6, 6.07) is 0. The highest BCUT2D eigenvalue weighted by Gasteiger charge is 1.51. The van der Waals surface area contributed by atoms with E-state index in [-0.39, 0.29) is 23.9 Å². The van der Waals surface area contributed by atoms with Gasteiger partial charge < -0.3 is 10.5 Å². The summed E-state index contributed by atoms with van der Waals surface area (Å²) in [6.07, 6.45) is 0.653. The van der Waals surface area contributed by atoms with Gasteiger partial charge in [-0.2, -0.15) is 0 Å². The van der Waals surface area contributed by atoms with E-state index in [4.69, 9.17) is 4.79 Å². The minimum absolute atomic E-state index is 0. The molecule has 0 atom stereocenters. The predicted molar refractivity (Wildman–Crippen MR) is 20.9 cm³/mol. The predicted octanol–water partition coefficient (Wildman–Crippen LogP) is -1.24. The first kappa shape index (κ1) is 8.94. The monoisotopic (exact) mass is 86.0 g/mol. The Hall–Kier alpha value is 0.162. The summed E-state index contributed by atoms with van der Waals surface area (Å²) in [5.74, 6) is 0. The second-order valence-corrected chi connectivity index (χ2v) is 0.402. The summed E-state index contributed by atoms with van der Waals surface area (Å²) in [6.45, 7) is 0.139. The number of aldehydes is 1. The van der Waals surface area contributed by atoms with Crippen LogP contribution in [-0.2, 0) is 4.79 Å². The third-order valence-corrected chi connectivity index (χ3v) is 0.0962. The SMILES string of the molecule is NCC=O.[Al]. The lowest BCUT2D eigenvalue weighted by molar-refractivity contribution is -0.106. The zero-order chi connectivity index (χ0) is 3.41. The van der Waals surface area contributed by atoms with Crippen molar-refractivity contribution in [1.29, 1.82) is 0 Å². The molecule has 0 aliphatic rings. The van der Waals surface area contributed by atoms with E-state index < -0.39 is 0 Å². The van der Waals surface area contributed by atoms with Crippen LogP contribution in [0.3, 0.4) is 0 Å². The molecule has 0 unspecified atom stereocenters. The zero-order valence-corrected chi connectivity index (χ0v) is 4.00. The lowest BCUT2D eigenvalue weighted by Crippen LogP contribution is -1.97. The van der Waals surface area contributed by atoms with Crippen LogP contribution in [0.1, 0.15) is 0 Å². The Morgan fingerprint density at radius 2 is 2.00 bits per heavy atom. The molecule has 0 aromatic carbocycles. The zero-order valence-electron chi connectivity index (χ0n) is 2.85. The lowest BCUT2D eigenvalue weighted by Gasteiger charge is -1.55. The highest BCUT2D eigenvalue weighted by Crippen LogP contribution is 1.18. The first-order valence-electron chi connectivity index (χ1n) is 1.05. The molecule has 0 saturated carbocycles. The summed E-state index contributed by atoms with van der Waals surface area (Å²) in [4.78, 5) is 9.05. The average molecular weight is 86.0 g/mol. The second kappa shape index (κ2) is 8.90. The Morgan fingerprint density at radius 3 is 2.00 bits per heavy atom. The maximum Gasteiger partial charge on any atom is 0.133 e. The normalized spacial score (nSPS) is 5.00. The van der Waals surface area contributed by atoms with E-state index in [1.807, 2.05) is 0 Å². The van der Waals surface area contributed by atoms with Gasteiger partial charge in [0.15, 0.2) is 0 Å². The highest BCUT2D eigenvalue weighted by atomic mass is 27.0. The van der Waals surface area contributed by atoms with Gasteiger partial charge >= 0.3 is 0 Å². The van der Waals surface area contributed by atoms with E-state index in [1.165, 1.54) is 0 Å². The van der Waals surface area contributed by atoms with Crippen molar-refractivity contribution >= 4 is 23.6 Å². The smallest absolute Gasteiger partial charge is 0.133 e. The van der Waals surface area contributed by atoms with Crippen molar-refractivity contribution in [2.75, 3.05) is 6.54 Å². The highest BCUT2D eigenvalue weighted by molar-refractivity contribution is 5.75. The van der Waals surface area contributed by atoms with E-state index in [2.05, 4.69) is 5.73 Å². The van der Waals surface area contributed by atoms with E-state index in [9.17, 15) is 0 Å². The van der Waals surface area contributed by atoms with Gasteiger partial charge in [0.2, 0.25) is 0 Å². The van der Waals surface area contributed by atoms with Gasteiger partial charge in [0.05, 0.1) is 0 Å². The van der Waals surface area contributed by atoms with Gasteiger partial charge in [0.25, 0.3) is 0 Å². The van der Waals surface area contributed by atoms with Crippen molar-refractivity contribution in [3.8, 4) is 0 Å². The minimum Gasteiger partial charge on any atom is -0.324 e. The standard InChI is InChI=1S/C2H5NO.Al/c3-1-2-4;/h2H,1,3H2;. The molecule has 2 nitrogen and oxygen atoms in total. The molecule has 0 heterocycles.